The van der Waals surface area contributed by atoms with Crippen molar-refractivity contribution in [3.8, 4) is 0 Å². The Morgan fingerprint density at radius 3 is 2.70 bits per heavy atom. The molecule has 0 radical (unpaired) electrons. The third kappa shape index (κ3) is 4.29. The van der Waals surface area contributed by atoms with Crippen molar-refractivity contribution >= 4 is 5.97 Å². The molecule has 4 heteroatoms. The van der Waals surface area contributed by atoms with Crippen molar-refractivity contribution < 1.29 is 19.7 Å². The van der Waals surface area contributed by atoms with E-state index in [4.69, 9.17) is 5.11 Å². The van der Waals surface area contributed by atoms with Crippen molar-refractivity contribution in [1.82, 2.24) is 0 Å². The number of hydrogen-bond acceptors (Lipinski definition) is 3. The predicted octanol–water partition coefficient (Wildman–Crippen LogP) is 0.675. The molecule has 0 spiro atoms. The number of carbonyl (C=O) groups is 1. The zero-order valence-electron chi connectivity index (χ0n) is 6.16. The van der Waals surface area contributed by atoms with Gasteiger partial charge < -0.3 is 5.11 Å². The molecule has 10 heavy (non-hydrogen) atoms. The van der Waals surface area contributed by atoms with Crippen molar-refractivity contribution in [3.05, 3.63) is 0 Å². The highest BCUT2D eigenvalue weighted by Crippen LogP contribution is 2.00. The maximum atomic E-state index is 10.2. The molecule has 1 N–H and O–H groups in total. The molecule has 0 aromatic heterocycles. The summed E-state index contributed by atoms with van der Waals surface area (Å²) in [5, 5.41) is 8.38. The second-order valence-electron chi connectivity index (χ2n) is 2.02. The van der Waals surface area contributed by atoms with Crippen LogP contribution in [0.2, 0.25) is 0 Å². The van der Waals surface area contributed by atoms with Crippen LogP contribution in [0, 0.1) is 5.92 Å². The summed E-state index contributed by atoms with van der Waals surface area (Å²) in [7, 11) is 1.39. The van der Waals surface area contributed by atoms with Gasteiger partial charge in [-0.05, 0) is 6.42 Å². The van der Waals surface area contributed by atoms with E-state index in [2.05, 4.69) is 9.78 Å². The Labute approximate surface area is 59.7 Å². The summed E-state index contributed by atoms with van der Waals surface area (Å²) in [6.07, 6.45) is 0.475. The molecule has 1 atom stereocenters. The smallest absolute Gasteiger partial charge is 0.306 e. The molecule has 0 aliphatic heterocycles. The maximum Gasteiger partial charge on any atom is 0.306 e. The van der Waals surface area contributed by atoms with E-state index >= 15 is 0 Å². The van der Waals surface area contributed by atoms with Gasteiger partial charge in [0.25, 0.3) is 0 Å². The van der Waals surface area contributed by atoms with Gasteiger partial charge in [-0.25, -0.2) is 9.78 Å². The first kappa shape index (κ1) is 9.39. The Morgan fingerprint density at radius 1 is 1.70 bits per heavy atom. The SMILES string of the molecule is COOCCC(C)C(=O)O. The second kappa shape index (κ2) is 5.20. The zero-order chi connectivity index (χ0) is 7.98. The first-order valence-corrected chi connectivity index (χ1v) is 3.07. The molecule has 0 heterocycles. The molecular weight excluding hydrogens is 136 g/mol. The maximum absolute atomic E-state index is 10.2. The van der Waals surface area contributed by atoms with Gasteiger partial charge in [0.1, 0.15) is 0 Å². The topological polar surface area (TPSA) is 55.8 Å². The average molecular weight is 148 g/mol. The van der Waals surface area contributed by atoms with Gasteiger partial charge in [0.15, 0.2) is 0 Å². The van der Waals surface area contributed by atoms with Crippen LogP contribution in [-0.2, 0) is 14.6 Å². The molecule has 0 aliphatic carbocycles. The molecule has 0 saturated carbocycles. The normalized spacial score (nSPS) is 13.0. The molecule has 0 aromatic rings. The molecule has 0 amide bonds. The number of carboxylic acids is 1. The van der Waals surface area contributed by atoms with E-state index in [1.165, 1.54) is 7.11 Å². The fourth-order valence-electron chi connectivity index (χ4n) is 0.432. The standard InChI is InChI=1S/C6H12O4/c1-5(6(7)8)3-4-10-9-2/h5H,3-4H2,1-2H3,(H,7,8). The van der Waals surface area contributed by atoms with Crippen LogP contribution >= 0.6 is 0 Å². The number of rotatable bonds is 5. The monoisotopic (exact) mass is 148 g/mol. The molecule has 0 bridgehead atoms. The molecule has 0 aromatic carbocycles. The number of carboxylic acid groups (broad SMARTS) is 1. The fraction of sp³-hybridized carbons (Fsp3) is 0.833. The zero-order valence-corrected chi connectivity index (χ0v) is 6.16. The van der Waals surface area contributed by atoms with Crippen LogP contribution in [-0.4, -0.2) is 24.8 Å². The minimum absolute atomic E-state index is 0.323. The fourth-order valence-corrected chi connectivity index (χ4v) is 0.432. The first-order chi connectivity index (χ1) is 4.68. The van der Waals surface area contributed by atoms with E-state index in [0.29, 0.717) is 13.0 Å². The third-order valence-corrected chi connectivity index (χ3v) is 1.17. The Morgan fingerprint density at radius 2 is 2.30 bits per heavy atom. The van der Waals surface area contributed by atoms with Crippen LogP contribution in [0.5, 0.6) is 0 Å². The van der Waals surface area contributed by atoms with E-state index in [0.717, 1.165) is 0 Å². The average Bonchev–Trinajstić information content (AvgIpc) is 1.88. The molecule has 4 nitrogen and oxygen atoms in total. The van der Waals surface area contributed by atoms with E-state index in [1.54, 1.807) is 6.92 Å². The Bertz CT molecular complexity index is 102. The summed E-state index contributed by atoms with van der Waals surface area (Å²) < 4.78 is 0. The quantitative estimate of drug-likeness (QED) is 0.354. The lowest BCUT2D eigenvalue weighted by Crippen LogP contribution is -2.11. The highest BCUT2D eigenvalue weighted by molar-refractivity contribution is 5.69. The summed E-state index contributed by atoms with van der Waals surface area (Å²) in [5.74, 6) is -1.17. The molecule has 0 aliphatic rings. The van der Waals surface area contributed by atoms with Crippen molar-refractivity contribution in [1.29, 1.82) is 0 Å². The lowest BCUT2D eigenvalue weighted by atomic mass is 10.1. The Kier molecular flexibility index (Phi) is 4.88. The van der Waals surface area contributed by atoms with Gasteiger partial charge in [0.05, 0.1) is 19.6 Å². The lowest BCUT2D eigenvalue weighted by molar-refractivity contribution is -0.273. The van der Waals surface area contributed by atoms with Gasteiger partial charge >= 0.3 is 5.97 Å². The molecule has 0 fully saturated rings. The highest BCUT2D eigenvalue weighted by atomic mass is 17.2. The van der Waals surface area contributed by atoms with Gasteiger partial charge in [-0.3, -0.25) is 4.79 Å². The minimum Gasteiger partial charge on any atom is -0.481 e. The van der Waals surface area contributed by atoms with E-state index < -0.39 is 5.97 Å². The number of hydrogen-bond donors (Lipinski definition) is 1. The van der Waals surface area contributed by atoms with Crippen LogP contribution in [0.4, 0.5) is 0 Å². The van der Waals surface area contributed by atoms with Crippen LogP contribution in [0.1, 0.15) is 13.3 Å². The van der Waals surface area contributed by atoms with Gasteiger partial charge in [-0.15, -0.1) is 0 Å². The molecule has 0 rings (SSSR count). The molecule has 60 valence electrons. The van der Waals surface area contributed by atoms with Crippen molar-refractivity contribution in [2.45, 2.75) is 13.3 Å². The van der Waals surface area contributed by atoms with Crippen LogP contribution in [0.3, 0.4) is 0 Å². The third-order valence-electron chi connectivity index (χ3n) is 1.17. The van der Waals surface area contributed by atoms with Crippen LogP contribution in [0.15, 0.2) is 0 Å². The summed E-state index contributed by atoms with van der Waals surface area (Å²) >= 11 is 0. The van der Waals surface area contributed by atoms with Gasteiger partial charge in [0.2, 0.25) is 0 Å². The summed E-state index contributed by atoms with van der Waals surface area (Å²) in [5.41, 5.74) is 0. The Balaban J connectivity index is 3.21. The Hall–Kier alpha value is -0.610. The predicted molar refractivity (Wildman–Crippen MR) is 34.4 cm³/mol. The van der Waals surface area contributed by atoms with E-state index in [-0.39, 0.29) is 5.92 Å². The molecule has 1 unspecified atom stereocenters. The number of aliphatic carboxylic acids is 1. The lowest BCUT2D eigenvalue weighted by Gasteiger charge is -2.03. The summed E-state index contributed by atoms with van der Waals surface area (Å²) in [6.45, 7) is 1.95. The first-order valence-electron chi connectivity index (χ1n) is 3.07. The van der Waals surface area contributed by atoms with Crippen molar-refractivity contribution in [2.24, 2.45) is 5.92 Å². The minimum atomic E-state index is -0.806. The van der Waals surface area contributed by atoms with Crippen LogP contribution in [0.25, 0.3) is 0 Å². The van der Waals surface area contributed by atoms with Gasteiger partial charge in [-0.2, -0.15) is 0 Å². The summed E-state index contributed by atoms with van der Waals surface area (Å²) in [4.78, 5) is 19.0. The van der Waals surface area contributed by atoms with Crippen molar-refractivity contribution in [2.75, 3.05) is 13.7 Å². The van der Waals surface area contributed by atoms with Crippen molar-refractivity contribution in [3.63, 3.8) is 0 Å². The van der Waals surface area contributed by atoms with E-state index in [1.807, 2.05) is 0 Å². The second-order valence-corrected chi connectivity index (χ2v) is 2.02. The van der Waals surface area contributed by atoms with Gasteiger partial charge in [0, 0.05) is 0 Å². The highest BCUT2D eigenvalue weighted by Gasteiger charge is 2.09. The van der Waals surface area contributed by atoms with Gasteiger partial charge in [-0.1, -0.05) is 6.92 Å². The van der Waals surface area contributed by atoms with Crippen LogP contribution < -0.4 is 0 Å². The summed E-state index contributed by atoms with van der Waals surface area (Å²) in [6, 6.07) is 0. The molecule has 0 saturated heterocycles. The van der Waals surface area contributed by atoms with E-state index in [9.17, 15) is 4.79 Å². The molecular formula is C6H12O4. The largest absolute Gasteiger partial charge is 0.481 e.